The maximum absolute atomic E-state index is 6.22. The minimum atomic E-state index is -0.175. The largest absolute Gasteiger partial charge is 0.479 e. The number of hydrogen-bond donors (Lipinski definition) is 0. The first-order valence-electron chi connectivity index (χ1n) is 6.43. The van der Waals surface area contributed by atoms with Crippen LogP contribution in [0, 0.1) is 5.92 Å². The van der Waals surface area contributed by atoms with Crippen LogP contribution in [0.1, 0.15) is 38.4 Å². The second kappa shape index (κ2) is 5.74. The number of methoxy groups -OCH3 is 1. The molecule has 2 aromatic rings. The third kappa shape index (κ3) is 2.81. The lowest BCUT2D eigenvalue weighted by molar-refractivity contribution is 0.401. The van der Waals surface area contributed by atoms with Crippen molar-refractivity contribution in [3.8, 4) is 5.88 Å². The molecule has 0 spiro atoms. The summed E-state index contributed by atoms with van der Waals surface area (Å²) in [6, 6.07) is 0. The second-order valence-corrected chi connectivity index (χ2v) is 5.63. The van der Waals surface area contributed by atoms with Crippen molar-refractivity contribution in [2.45, 2.75) is 39.1 Å². The van der Waals surface area contributed by atoms with Crippen LogP contribution in [0.15, 0.2) is 6.33 Å². The van der Waals surface area contributed by atoms with Crippen LogP contribution in [0.2, 0.25) is 0 Å². The molecule has 0 bridgehead atoms. The van der Waals surface area contributed by atoms with Crippen molar-refractivity contribution in [3.05, 3.63) is 12.2 Å². The number of halogens is 1. The topological polar surface area (TPSA) is 52.8 Å². The van der Waals surface area contributed by atoms with Gasteiger partial charge < -0.3 is 9.30 Å². The van der Waals surface area contributed by atoms with E-state index in [1.807, 2.05) is 6.92 Å². The van der Waals surface area contributed by atoms with Crippen LogP contribution in [-0.4, -0.2) is 26.6 Å². The van der Waals surface area contributed by atoms with Gasteiger partial charge in [-0.25, -0.2) is 9.97 Å². The van der Waals surface area contributed by atoms with Crippen molar-refractivity contribution < 1.29 is 4.74 Å². The molecule has 0 fully saturated rings. The van der Waals surface area contributed by atoms with Gasteiger partial charge in [0.2, 0.25) is 5.88 Å². The third-order valence-corrected chi connectivity index (χ3v) is 3.20. The number of alkyl halides is 1. The summed E-state index contributed by atoms with van der Waals surface area (Å²) in [6.07, 6.45) is 2.55. The summed E-state index contributed by atoms with van der Waals surface area (Å²) in [5.74, 6) is 1.92. The predicted octanol–water partition coefficient (Wildman–Crippen LogP) is 3.18. The van der Waals surface area contributed by atoms with Crippen LogP contribution in [0.5, 0.6) is 5.88 Å². The Morgan fingerprint density at radius 3 is 2.63 bits per heavy atom. The molecular weight excluding hydrogens is 264 g/mol. The van der Waals surface area contributed by atoms with E-state index in [1.165, 1.54) is 6.33 Å². The zero-order chi connectivity index (χ0) is 14.0. The number of aryl methyl sites for hydroxylation is 1. The fourth-order valence-corrected chi connectivity index (χ4v) is 2.16. The van der Waals surface area contributed by atoms with E-state index in [-0.39, 0.29) is 5.38 Å². The van der Waals surface area contributed by atoms with Crippen LogP contribution in [0.4, 0.5) is 0 Å². The van der Waals surface area contributed by atoms with E-state index in [0.717, 1.165) is 24.4 Å². The van der Waals surface area contributed by atoms with Crippen LogP contribution in [0.25, 0.3) is 11.2 Å². The molecule has 2 rings (SSSR count). The highest BCUT2D eigenvalue weighted by molar-refractivity contribution is 6.20. The Morgan fingerprint density at radius 1 is 1.32 bits per heavy atom. The van der Waals surface area contributed by atoms with Gasteiger partial charge in [-0.3, -0.25) is 0 Å². The Morgan fingerprint density at radius 2 is 2.05 bits per heavy atom. The molecule has 0 saturated heterocycles. The van der Waals surface area contributed by atoms with E-state index in [4.69, 9.17) is 16.3 Å². The highest BCUT2D eigenvalue weighted by Crippen LogP contribution is 2.27. The Hall–Kier alpha value is -1.36. The summed E-state index contributed by atoms with van der Waals surface area (Å²) >= 11 is 6.22. The van der Waals surface area contributed by atoms with Crippen molar-refractivity contribution >= 4 is 22.8 Å². The van der Waals surface area contributed by atoms with Crippen LogP contribution < -0.4 is 4.74 Å². The first-order valence-corrected chi connectivity index (χ1v) is 6.87. The monoisotopic (exact) mass is 282 g/mol. The summed E-state index contributed by atoms with van der Waals surface area (Å²) in [7, 11) is 1.58. The molecule has 0 aromatic carbocycles. The van der Waals surface area contributed by atoms with E-state index in [9.17, 15) is 0 Å². The standard InChI is InChI=1S/C13H19ClN4O/c1-8(2)5-6-18-11(9(3)14)17-10-12(18)15-7-16-13(10)19-4/h7-9H,5-6H2,1-4H3. The zero-order valence-corrected chi connectivity index (χ0v) is 12.5. The fraction of sp³-hybridized carbons (Fsp3) is 0.615. The van der Waals surface area contributed by atoms with E-state index >= 15 is 0 Å². The predicted molar refractivity (Wildman–Crippen MR) is 75.6 cm³/mol. The number of ether oxygens (including phenoxy) is 1. The molecule has 6 heteroatoms. The molecule has 19 heavy (non-hydrogen) atoms. The lowest BCUT2D eigenvalue weighted by Gasteiger charge is -2.11. The molecule has 2 heterocycles. The summed E-state index contributed by atoms with van der Waals surface area (Å²) in [4.78, 5) is 12.9. The molecular formula is C13H19ClN4O. The van der Waals surface area contributed by atoms with Gasteiger partial charge in [0.25, 0.3) is 0 Å². The van der Waals surface area contributed by atoms with E-state index in [2.05, 4.69) is 33.4 Å². The van der Waals surface area contributed by atoms with Crippen LogP contribution in [0.3, 0.4) is 0 Å². The van der Waals surface area contributed by atoms with Gasteiger partial charge in [-0.05, 0) is 19.3 Å². The second-order valence-electron chi connectivity index (χ2n) is 4.98. The Balaban J connectivity index is 2.54. The normalized spacial score (nSPS) is 13.2. The molecule has 5 nitrogen and oxygen atoms in total. The molecule has 2 aromatic heterocycles. The van der Waals surface area contributed by atoms with Crippen molar-refractivity contribution in [1.82, 2.24) is 19.5 Å². The number of hydrogen-bond acceptors (Lipinski definition) is 4. The lowest BCUT2D eigenvalue weighted by Crippen LogP contribution is -2.07. The van der Waals surface area contributed by atoms with E-state index in [1.54, 1.807) is 7.11 Å². The van der Waals surface area contributed by atoms with Gasteiger partial charge in [-0.2, -0.15) is 4.98 Å². The Kier molecular flexibility index (Phi) is 4.24. The van der Waals surface area contributed by atoms with E-state index in [0.29, 0.717) is 17.3 Å². The zero-order valence-electron chi connectivity index (χ0n) is 11.7. The van der Waals surface area contributed by atoms with Crippen molar-refractivity contribution in [2.75, 3.05) is 7.11 Å². The average molecular weight is 283 g/mol. The van der Waals surface area contributed by atoms with Crippen molar-refractivity contribution in [3.63, 3.8) is 0 Å². The minimum absolute atomic E-state index is 0.175. The minimum Gasteiger partial charge on any atom is -0.479 e. The maximum atomic E-state index is 6.22. The number of aromatic nitrogens is 4. The highest BCUT2D eigenvalue weighted by Gasteiger charge is 2.19. The Bertz CT molecular complexity index is 565. The summed E-state index contributed by atoms with van der Waals surface area (Å²) < 4.78 is 7.30. The quantitative estimate of drug-likeness (QED) is 0.791. The van der Waals surface area contributed by atoms with Crippen LogP contribution in [-0.2, 0) is 6.54 Å². The fourth-order valence-electron chi connectivity index (χ4n) is 1.99. The highest BCUT2D eigenvalue weighted by atomic mass is 35.5. The molecule has 0 saturated carbocycles. The smallest absolute Gasteiger partial charge is 0.245 e. The van der Waals surface area contributed by atoms with Gasteiger partial charge in [0.1, 0.15) is 12.2 Å². The number of fused-ring (bicyclic) bond motifs is 1. The molecule has 0 aliphatic rings. The van der Waals surface area contributed by atoms with Gasteiger partial charge in [0.15, 0.2) is 11.2 Å². The van der Waals surface area contributed by atoms with Crippen molar-refractivity contribution in [1.29, 1.82) is 0 Å². The van der Waals surface area contributed by atoms with Gasteiger partial charge >= 0.3 is 0 Å². The lowest BCUT2D eigenvalue weighted by atomic mass is 10.1. The first-order chi connectivity index (χ1) is 9.04. The maximum Gasteiger partial charge on any atom is 0.245 e. The molecule has 0 amide bonds. The first kappa shape index (κ1) is 14.1. The molecule has 0 aliphatic carbocycles. The van der Waals surface area contributed by atoms with Gasteiger partial charge in [-0.15, -0.1) is 11.6 Å². The average Bonchev–Trinajstić information content (AvgIpc) is 2.74. The molecule has 1 atom stereocenters. The van der Waals surface area contributed by atoms with E-state index < -0.39 is 0 Å². The Labute approximate surface area is 118 Å². The molecule has 0 aliphatic heterocycles. The number of imidazole rings is 1. The third-order valence-electron chi connectivity index (χ3n) is 3.01. The number of rotatable bonds is 5. The number of nitrogens with zero attached hydrogens (tertiary/aromatic N) is 4. The van der Waals surface area contributed by atoms with Crippen LogP contribution >= 0.6 is 11.6 Å². The summed E-state index contributed by atoms with van der Waals surface area (Å²) in [5, 5.41) is -0.175. The summed E-state index contributed by atoms with van der Waals surface area (Å²) in [5.41, 5.74) is 1.46. The summed E-state index contributed by atoms with van der Waals surface area (Å²) in [6.45, 7) is 7.15. The van der Waals surface area contributed by atoms with Gasteiger partial charge in [-0.1, -0.05) is 13.8 Å². The molecule has 1 unspecified atom stereocenters. The molecule has 0 N–H and O–H groups in total. The van der Waals surface area contributed by atoms with Gasteiger partial charge in [0, 0.05) is 6.54 Å². The van der Waals surface area contributed by atoms with Gasteiger partial charge in [0.05, 0.1) is 12.5 Å². The SMILES string of the molecule is COc1ncnc2c1nc(C(C)Cl)n2CCC(C)C. The van der Waals surface area contributed by atoms with Crippen molar-refractivity contribution in [2.24, 2.45) is 5.92 Å². The molecule has 0 radical (unpaired) electrons. The molecule has 104 valence electrons.